The zero-order valence-corrected chi connectivity index (χ0v) is 7.76. The van der Waals surface area contributed by atoms with E-state index in [1.807, 2.05) is 6.07 Å². The average molecular weight is 195 g/mol. The summed E-state index contributed by atoms with van der Waals surface area (Å²) in [7, 11) is 0. The second-order valence-electron chi connectivity index (χ2n) is 3.04. The predicted octanol–water partition coefficient (Wildman–Crippen LogP) is 0.211. The molecule has 0 spiro atoms. The summed E-state index contributed by atoms with van der Waals surface area (Å²) in [6.45, 7) is 0. The van der Waals surface area contributed by atoms with Gasteiger partial charge in [-0.2, -0.15) is 0 Å². The average Bonchev–Trinajstić information content (AvgIpc) is 2.19. The van der Waals surface area contributed by atoms with Crippen LogP contribution in [-0.4, -0.2) is 27.1 Å². The van der Waals surface area contributed by atoms with Gasteiger partial charge in [0, 0.05) is 11.9 Å². The van der Waals surface area contributed by atoms with Gasteiger partial charge in [-0.15, -0.1) is 0 Å². The van der Waals surface area contributed by atoms with Crippen molar-refractivity contribution in [3.8, 4) is 0 Å². The molecule has 1 aromatic rings. The van der Waals surface area contributed by atoms with E-state index in [1.165, 1.54) is 6.33 Å². The van der Waals surface area contributed by atoms with Crippen LogP contribution in [0.15, 0.2) is 18.6 Å². The van der Waals surface area contributed by atoms with Crippen LogP contribution in [0, 0.1) is 0 Å². The summed E-state index contributed by atoms with van der Waals surface area (Å²) in [5, 5.41) is 8.53. The Labute approximate surface area is 82.0 Å². The van der Waals surface area contributed by atoms with Crippen LogP contribution in [0.1, 0.15) is 18.5 Å². The fourth-order valence-corrected chi connectivity index (χ4v) is 1.09. The first-order valence-corrected chi connectivity index (χ1v) is 4.43. The van der Waals surface area contributed by atoms with Crippen molar-refractivity contribution >= 4 is 5.97 Å². The highest BCUT2D eigenvalue weighted by atomic mass is 16.4. The number of aryl methyl sites for hydroxylation is 1. The summed E-state index contributed by atoms with van der Waals surface area (Å²) in [5.74, 6) is -0.951. The molecule has 76 valence electrons. The van der Waals surface area contributed by atoms with Crippen LogP contribution in [-0.2, 0) is 11.2 Å². The van der Waals surface area contributed by atoms with Gasteiger partial charge in [0.1, 0.15) is 12.4 Å². The molecule has 5 heteroatoms. The Morgan fingerprint density at radius 2 is 2.43 bits per heavy atom. The van der Waals surface area contributed by atoms with Gasteiger partial charge in [-0.1, -0.05) is 0 Å². The minimum absolute atomic E-state index is 0.472. The van der Waals surface area contributed by atoms with E-state index in [1.54, 1.807) is 6.20 Å². The molecule has 0 amide bonds. The summed E-state index contributed by atoms with van der Waals surface area (Å²) in [4.78, 5) is 18.2. The Morgan fingerprint density at radius 1 is 1.64 bits per heavy atom. The molecule has 0 aliphatic carbocycles. The molecule has 1 atom stereocenters. The van der Waals surface area contributed by atoms with E-state index in [-0.39, 0.29) is 0 Å². The highest BCUT2D eigenvalue weighted by Crippen LogP contribution is 2.02. The normalized spacial score (nSPS) is 12.4. The maximum atomic E-state index is 10.4. The largest absolute Gasteiger partial charge is 0.480 e. The molecule has 0 aromatic carbocycles. The van der Waals surface area contributed by atoms with Crippen LogP contribution < -0.4 is 5.73 Å². The first kappa shape index (κ1) is 10.6. The lowest BCUT2D eigenvalue weighted by Gasteiger charge is -2.04. The number of nitrogens with two attached hydrogens (primary N) is 1. The Morgan fingerprint density at radius 3 is 3.00 bits per heavy atom. The Bertz CT molecular complexity index is 289. The summed E-state index contributed by atoms with van der Waals surface area (Å²) in [5.41, 5.74) is 6.26. The van der Waals surface area contributed by atoms with Crippen molar-refractivity contribution in [2.45, 2.75) is 25.3 Å². The molecule has 1 heterocycles. The minimum Gasteiger partial charge on any atom is -0.480 e. The van der Waals surface area contributed by atoms with Gasteiger partial charge in [0.25, 0.3) is 0 Å². The fourth-order valence-electron chi connectivity index (χ4n) is 1.09. The van der Waals surface area contributed by atoms with E-state index in [4.69, 9.17) is 10.8 Å². The van der Waals surface area contributed by atoms with Crippen LogP contribution in [0.3, 0.4) is 0 Å². The second kappa shape index (κ2) is 5.29. The van der Waals surface area contributed by atoms with Crippen molar-refractivity contribution in [2.75, 3.05) is 0 Å². The number of rotatable bonds is 5. The quantitative estimate of drug-likeness (QED) is 0.701. The number of aliphatic carboxylic acids is 1. The van der Waals surface area contributed by atoms with E-state index in [0.29, 0.717) is 6.42 Å². The number of hydrogen-bond donors (Lipinski definition) is 2. The van der Waals surface area contributed by atoms with E-state index < -0.39 is 12.0 Å². The minimum atomic E-state index is -0.951. The summed E-state index contributed by atoms with van der Waals surface area (Å²) in [6.07, 6.45) is 5.08. The third-order valence-electron chi connectivity index (χ3n) is 1.91. The predicted molar refractivity (Wildman–Crippen MR) is 50.6 cm³/mol. The monoisotopic (exact) mass is 195 g/mol. The first-order chi connectivity index (χ1) is 6.70. The van der Waals surface area contributed by atoms with Gasteiger partial charge in [-0.25, -0.2) is 9.97 Å². The molecule has 3 N–H and O–H groups in total. The molecule has 0 aliphatic heterocycles. The van der Waals surface area contributed by atoms with Gasteiger partial charge in [-0.3, -0.25) is 4.79 Å². The van der Waals surface area contributed by atoms with Gasteiger partial charge >= 0.3 is 5.97 Å². The molecule has 0 saturated heterocycles. The van der Waals surface area contributed by atoms with Gasteiger partial charge in [-0.05, 0) is 25.3 Å². The zero-order valence-electron chi connectivity index (χ0n) is 7.76. The Hall–Kier alpha value is -1.49. The number of carboxylic acids is 1. The van der Waals surface area contributed by atoms with Crippen LogP contribution >= 0.6 is 0 Å². The number of carboxylic acid groups (broad SMARTS) is 1. The van der Waals surface area contributed by atoms with E-state index in [2.05, 4.69) is 9.97 Å². The lowest BCUT2D eigenvalue weighted by Crippen LogP contribution is -2.29. The first-order valence-electron chi connectivity index (χ1n) is 4.43. The van der Waals surface area contributed by atoms with Gasteiger partial charge in [0.15, 0.2) is 0 Å². The number of carbonyl (C=O) groups is 1. The Balaban J connectivity index is 2.26. The third-order valence-corrected chi connectivity index (χ3v) is 1.91. The molecule has 0 unspecified atom stereocenters. The topological polar surface area (TPSA) is 89.1 Å². The number of hydrogen-bond acceptors (Lipinski definition) is 4. The summed E-state index contributed by atoms with van der Waals surface area (Å²) in [6, 6.07) is 1.04. The van der Waals surface area contributed by atoms with E-state index in [0.717, 1.165) is 18.5 Å². The van der Waals surface area contributed by atoms with Crippen molar-refractivity contribution in [1.82, 2.24) is 9.97 Å². The number of aromatic nitrogens is 2. The van der Waals surface area contributed by atoms with Gasteiger partial charge in [0.05, 0.1) is 0 Å². The van der Waals surface area contributed by atoms with Crippen LogP contribution in [0.25, 0.3) is 0 Å². The van der Waals surface area contributed by atoms with Crippen molar-refractivity contribution < 1.29 is 9.90 Å². The standard InChI is InChI=1S/C9H13N3O2/c10-8(9(13)14)3-1-2-7-4-5-11-6-12-7/h4-6,8H,1-3,10H2,(H,13,14)/t8-/m1/s1. The smallest absolute Gasteiger partial charge is 0.320 e. The molecular formula is C9H13N3O2. The zero-order chi connectivity index (χ0) is 10.4. The summed E-state index contributed by atoms with van der Waals surface area (Å²) >= 11 is 0. The molecule has 0 aliphatic rings. The molecule has 0 radical (unpaired) electrons. The SMILES string of the molecule is N[C@H](CCCc1ccncn1)C(=O)O. The molecule has 1 rings (SSSR count). The van der Waals surface area contributed by atoms with Crippen LogP contribution in [0.5, 0.6) is 0 Å². The van der Waals surface area contributed by atoms with Crippen LogP contribution in [0.2, 0.25) is 0 Å². The summed E-state index contributed by atoms with van der Waals surface area (Å²) < 4.78 is 0. The molecular weight excluding hydrogens is 182 g/mol. The lowest BCUT2D eigenvalue weighted by molar-refractivity contribution is -0.138. The van der Waals surface area contributed by atoms with Crippen molar-refractivity contribution in [1.29, 1.82) is 0 Å². The number of nitrogens with zero attached hydrogens (tertiary/aromatic N) is 2. The lowest BCUT2D eigenvalue weighted by atomic mass is 10.1. The maximum absolute atomic E-state index is 10.4. The second-order valence-corrected chi connectivity index (χ2v) is 3.04. The molecule has 0 bridgehead atoms. The molecule has 5 nitrogen and oxygen atoms in total. The van der Waals surface area contributed by atoms with E-state index in [9.17, 15) is 4.79 Å². The highest BCUT2D eigenvalue weighted by molar-refractivity contribution is 5.72. The molecule has 14 heavy (non-hydrogen) atoms. The molecule has 0 fully saturated rings. The fraction of sp³-hybridized carbons (Fsp3) is 0.444. The van der Waals surface area contributed by atoms with E-state index >= 15 is 0 Å². The van der Waals surface area contributed by atoms with Crippen LogP contribution in [0.4, 0.5) is 0 Å². The maximum Gasteiger partial charge on any atom is 0.320 e. The third kappa shape index (κ3) is 3.49. The molecule has 1 aromatic heterocycles. The van der Waals surface area contributed by atoms with Gasteiger partial charge < -0.3 is 10.8 Å². The highest BCUT2D eigenvalue weighted by Gasteiger charge is 2.10. The van der Waals surface area contributed by atoms with Crippen molar-refractivity contribution in [3.05, 3.63) is 24.3 Å². The Kier molecular flexibility index (Phi) is 4.00. The van der Waals surface area contributed by atoms with Crippen molar-refractivity contribution in [3.63, 3.8) is 0 Å². The molecule has 0 saturated carbocycles. The van der Waals surface area contributed by atoms with Crippen molar-refractivity contribution in [2.24, 2.45) is 5.73 Å². The van der Waals surface area contributed by atoms with Gasteiger partial charge in [0.2, 0.25) is 0 Å².